The maximum absolute atomic E-state index is 12.6. The second kappa shape index (κ2) is 8.32. The minimum atomic E-state index is 0.189. The molecule has 25 heavy (non-hydrogen) atoms. The van der Waals surface area contributed by atoms with Gasteiger partial charge in [-0.25, -0.2) is 4.98 Å². The maximum Gasteiger partial charge on any atom is 0.222 e. The van der Waals surface area contributed by atoms with Crippen LogP contribution in [0.5, 0.6) is 0 Å². The smallest absolute Gasteiger partial charge is 0.222 e. The van der Waals surface area contributed by atoms with Crippen LogP contribution < -0.4 is 0 Å². The number of aromatic nitrogens is 2. The molecule has 2 atom stereocenters. The maximum atomic E-state index is 12.6. The first-order valence-electron chi connectivity index (χ1n) is 9.68. The fraction of sp³-hybridized carbons (Fsp3) is 0.789. The summed E-state index contributed by atoms with van der Waals surface area (Å²) in [6, 6.07) is 0. The van der Waals surface area contributed by atoms with E-state index in [9.17, 15) is 4.79 Å². The van der Waals surface area contributed by atoms with Crippen LogP contribution in [0.3, 0.4) is 0 Å². The van der Waals surface area contributed by atoms with Crippen molar-refractivity contribution in [1.82, 2.24) is 19.8 Å². The molecule has 2 aliphatic rings. The van der Waals surface area contributed by atoms with Crippen LogP contribution >= 0.6 is 0 Å². The predicted molar refractivity (Wildman–Crippen MR) is 97.3 cm³/mol. The molecule has 0 radical (unpaired) electrons. The Balaban J connectivity index is 1.61. The third kappa shape index (κ3) is 4.42. The Morgan fingerprint density at radius 2 is 2.08 bits per heavy atom. The molecule has 1 N–H and O–H groups in total. The first-order valence-corrected chi connectivity index (χ1v) is 9.68. The predicted octanol–water partition coefficient (Wildman–Crippen LogP) is 2.13. The molecule has 140 valence electrons. The van der Waals surface area contributed by atoms with Gasteiger partial charge in [0.05, 0.1) is 11.8 Å². The van der Waals surface area contributed by atoms with Crippen molar-refractivity contribution < 1.29 is 9.53 Å². The zero-order valence-electron chi connectivity index (χ0n) is 15.9. The zero-order valence-corrected chi connectivity index (χ0v) is 15.9. The number of imidazole rings is 1. The normalized spacial score (nSPS) is 24.8. The van der Waals surface area contributed by atoms with Crippen LogP contribution in [0, 0.1) is 12.8 Å². The van der Waals surface area contributed by atoms with Crippen molar-refractivity contribution in [3.8, 4) is 0 Å². The van der Waals surface area contributed by atoms with Gasteiger partial charge in [-0.3, -0.25) is 9.69 Å². The molecule has 0 spiro atoms. The molecule has 6 heteroatoms. The van der Waals surface area contributed by atoms with Crippen LogP contribution in [0.4, 0.5) is 0 Å². The lowest BCUT2D eigenvalue weighted by atomic mass is 9.90. The van der Waals surface area contributed by atoms with E-state index in [-0.39, 0.29) is 12.0 Å². The van der Waals surface area contributed by atoms with Gasteiger partial charge in [0.1, 0.15) is 5.82 Å². The van der Waals surface area contributed by atoms with Crippen molar-refractivity contribution in [3.05, 3.63) is 17.2 Å². The number of methoxy groups -OCH3 is 1. The Labute approximate surface area is 150 Å². The van der Waals surface area contributed by atoms with Gasteiger partial charge < -0.3 is 14.6 Å². The van der Waals surface area contributed by atoms with Crippen LogP contribution in [0.15, 0.2) is 0 Å². The molecular formula is C19H32N4O2. The number of aromatic amines is 1. The lowest BCUT2D eigenvalue weighted by molar-refractivity contribution is -0.133. The van der Waals surface area contributed by atoms with E-state index in [1.807, 2.05) is 4.90 Å². The monoisotopic (exact) mass is 348 g/mol. The lowest BCUT2D eigenvalue weighted by Gasteiger charge is -2.38. The Morgan fingerprint density at radius 3 is 2.72 bits per heavy atom. The molecule has 1 aromatic heterocycles. The van der Waals surface area contributed by atoms with Gasteiger partial charge >= 0.3 is 0 Å². The first-order chi connectivity index (χ1) is 12.1. The minimum Gasteiger partial charge on any atom is -0.381 e. The number of carbonyl (C=O) groups excluding carboxylic acids is 1. The summed E-state index contributed by atoms with van der Waals surface area (Å²) >= 11 is 0. The van der Waals surface area contributed by atoms with Crippen molar-refractivity contribution in [1.29, 1.82) is 0 Å². The molecule has 0 aromatic carbocycles. The van der Waals surface area contributed by atoms with Crippen LogP contribution in [-0.4, -0.2) is 65.1 Å². The molecule has 0 aliphatic carbocycles. The Bertz CT molecular complexity index is 580. The van der Waals surface area contributed by atoms with Crippen molar-refractivity contribution in [2.24, 2.45) is 5.92 Å². The molecule has 1 amide bonds. The quantitative estimate of drug-likeness (QED) is 0.855. The topological polar surface area (TPSA) is 61.5 Å². The molecule has 3 heterocycles. The highest BCUT2D eigenvalue weighted by molar-refractivity contribution is 5.76. The minimum absolute atomic E-state index is 0.189. The lowest BCUT2D eigenvalue weighted by Crippen LogP contribution is -2.45. The number of hydrogen-bond donors (Lipinski definition) is 1. The summed E-state index contributed by atoms with van der Waals surface area (Å²) < 4.78 is 5.69. The summed E-state index contributed by atoms with van der Waals surface area (Å²) in [6.45, 7) is 8.84. The molecule has 1 aromatic rings. The van der Waals surface area contributed by atoms with E-state index >= 15 is 0 Å². The summed E-state index contributed by atoms with van der Waals surface area (Å²) in [5, 5.41) is 0. The van der Waals surface area contributed by atoms with E-state index in [1.54, 1.807) is 7.11 Å². The number of carbonyl (C=O) groups is 1. The number of hydrogen-bond acceptors (Lipinski definition) is 4. The Morgan fingerprint density at radius 1 is 1.32 bits per heavy atom. The largest absolute Gasteiger partial charge is 0.381 e. The van der Waals surface area contributed by atoms with Gasteiger partial charge in [0.25, 0.3) is 0 Å². The van der Waals surface area contributed by atoms with Crippen molar-refractivity contribution in [2.75, 3.05) is 33.3 Å². The number of ether oxygens (including phenoxy) is 1. The van der Waals surface area contributed by atoms with Gasteiger partial charge in [0, 0.05) is 64.3 Å². The third-order valence-corrected chi connectivity index (χ3v) is 5.69. The second-order valence-corrected chi connectivity index (χ2v) is 7.46. The van der Waals surface area contributed by atoms with Gasteiger partial charge in [0.2, 0.25) is 5.91 Å². The van der Waals surface area contributed by atoms with E-state index < -0.39 is 0 Å². The second-order valence-electron chi connectivity index (χ2n) is 7.46. The summed E-state index contributed by atoms with van der Waals surface area (Å²) in [6.07, 6.45) is 5.00. The van der Waals surface area contributed by atoms with Crippen molar-refractivity contribution in [3.63, 3.8) is 0 Å². The molecule has 0 unspecified atom stereocenters. The van der Waals surface area contributed by atoms with E-state index in [1.165, 1.54) is 0 Å². The number of rotatable bonds is 6. The average Bonchev–Trinajstić information content (AvgIpc) is 3.26. The van der Waals surface area contributed by atoms with Gasteiger partial charge in [-0.1, -0.05) is 6.92 Å². The number of piperidine rings is 1. The van der Waals surface area contributed by atoms with Gasteiger partial charge in [0.15, 0.2) is 0 Å². The molecule has 0 saturated carbocycles. The molecule has 2 fully saturated rings. The number of nitrogens with one attached hydrogen (secondary N) is 1. The summed E-state index contributed by atoms with van der Waals surface area (Å²) in [4.78, 5) is 25.1. The van der Waals surface area contributed by atoms with Gasteiger partial charge in [-0.05, 0) is 26.2 Å². The number of H-pyrrole nitrogens is 1. The number of amides is 1. The summed E-state index contributed by atoms with van der Waals surface area (Å²) in [5.41, 5.74) is 2.30. The fourth-order valence-electron chi connectivity index (χ4n) is 4.15. The fourth-order valence-corrected chi connectivity index (χ4v) is 4.15. The number of nitrogens with zero attached hydrogens (tertiary/aromatic N) is 3. The highest BCUT2D eigenvalue weighted by Crippen LogP contribution is 2.26. The zero-order chi connectivity index (χ0) is 17.8. The molecule has 3 rings (SSSR count). The molecule has 2 saturated heterocycles. The van der Waals surface area contributed by atoms with Crippen LogP contribution in [0.2, 0.25) is 0 Å². The SMILES string of the molecule is CCc1nc(CN2CC[C@@H](OC)[C@H](CC(=O)N3CCCC3)C2)c(C)[nH]1. The van der Waals surface area contributed by atoms with Crippen LogP contribution in [0.25, 0.3) is 0 Å². The highest BCUT2D eigenvalue weighted by atomic mass is 16.5. The standard InChI is InChI=1S/C19H32N4O2/c1-4-18-20-14(2)16(21-18)13-22-10-7-17(25-3)15(12-22)11-19(24)23-8-5-6-9-23/h15,17H,4-13H2,1-3H3,(H,20,21)/t15-,17-/m1/s1. The molecule has 0 bridgehead atoms. The van der Waals surface area contributed by atoms with E-state index in [2.05, 4.69) is 23.7 Å². The summed E-state index contributed by atoms with van der Waals surface area (Å²) in [7, 11) is 1.78. The Kier molecular flexibility index (Phi) is 6.12. The average molecular weight is 348 g/mol. The van der Waals surface area contributed by atoms with E-state index in [0.717, 1.165) is 75.6 Å². The summed E-state index contributed by atoms with van der Waals surface area (Å²) in [5.74, 6) is 1.63. The van der Waals surface area contributed by atoms with Crippen molar-refractivity contribution >= 4 is 5.91 Å². The van der Waals surface area contributed by atoms with E-state index in [0.29, 0.717) is 12.3 Å². The third-order valence-electron chi connectivity index (χ3n) is 5.69. The van der Waals surface area contributed by atoms with Crippen molar-refractivity contribution in [2.45, 2.75) is 58.6 Å². The van der Waals surface area contributed by atoms with E-state index in [4.69, 9.17) is 9.72 Å². The van der Waals surface area contributed by atoms with Gasteiger partial charge in [-0.2, -0.15) is 0 Å². The van der Waals surface area contributed by atoms with Crippen LogP contribution in [0.1, 0.15) is 49.8 Å². The Hall–Kier alpha value is -1.40. The van der Waals surface area contributed by atoms with Crippen LogP contribution in [-0.2, 0) is 22.5 Å². The number of likely N-dealkylation sites (tertiary alicyclic amines) is 2. The number of aryl methyl sites for hydroxylation is 2. The molecule has 6 nitrogen and oxygen atoms in total. The molecule has 2 aliphatic heterocycles. The van der Waals surface area contributed by atoms with Gasteiger partial charge in [-0.15, -0.1) is 0 Å². The first kappa shape index (κ1) is 18.4. The molecular weight excluding hydrogens is 316 g/mol. The highest BCUT2D eigenvalue weighted by Gasteiger charge is 2.33.